The van der Waals surface area contributed by atoms with Crippen LogP contribution in [0.5, 0.6) is 0 Å². The predicted molar refractivity (Wildman–Crippen MR) is 56.8 cm³/mol. The number of fused-ring (bicyclic) bond motifs is 1. The van der Waals surface area contributed by atoms with Gasteiger partial charge in [-0.15, -0.1) is 0 Å². The van der Waals surface area contributed by atoms with Gasteiger partial charge >= 0.3 is 0 Å². The summed E-state index contributed by atoms with van der Waals surface area (Å²) in [6.07, 6.45) is 1.52. The lowest BCUT2D eigenvalue weighted by Crippen LogP contribution is -1.80. The lowest BCUT2D eigenvalue weighted by molar-refractivity contribution is 1.41. The van der Waals surface area contributed by atoms with Crippen LogP contribution in [0.1, 0.15) is 0 Å². The van der Waals surface area contributed by atoms with Gasteiger partial charge in [-0.1, -0.05) is 34.8 Å². The molecule has 1 heterocycles. The summed E-state index contributed by atoms with van der Waals surface area (Å²) in [5, 5.41) is 2.43. The second kappa shape index (κ2) is 3.33. The van der Waals surface area contributed by atoms with E-state index < -0.39 is 0 Å². The molecule has 2 rings (SSSR count). The second-order valence-corrected chi connectivity index (χ2v) is 3.80. The van der Waals surface area contributed by atoms with Gasteiger partial charge in [-0.2, -0.15) is 0 Å². The Balaban J connectivity index is 2.87. The number of benzene rings is 1. The summed E-state index contributed by atoms with van der Waals surface area (Å²) in [4.78, 5) is 4.10. The number of nitrogens with zero attached hydrogens (tertiary/aromatic N) is 1. The van der Waals surface area contributed by atoms with Crippen molar-refractivity contribution in [3.63, 3.8) is 0 Å². The zero-order chi connectivity index (χ0) is 9.42. The van der Waals surface area contributed by atoms with Crippen LogP contribution < -0.4 is 0 Å². The zero-order valence-electron chi connectivity index (χ0n) is 6.39. The molecule has 0 N–H and O–H groups in total. The molecule has 0 saturated heterocycles. The molecular formula is C9H4Cl3N. The van der Waals surface area contributed by atoms with Crippen molar-refractivity contribution in [2.45, 2.75) is 0 Å². The Labute approximate surface area is 90.2 Å². The molecule has 0 radical (unpaired) electrons. The molecule has 1 nitrogen and oxygen atoms in total. The fourth-order valence-electron chi connectivity index (χ4n) is 1.11. The summed E-state index contributed by atoms with van der Waals surface area (Å²) in [5.41, 5.74) is 0.752. The van der Waals surface area contributed by atoms with E-state index in [9.17, 15) is 0 Å². The highest BCUT2D eigenvalue weighted by atomic mass is 35.5. The first kappa shape index (κ1) is 9.07. The first-order valence-corrected chi connectivity index (χ1v) is 4.71. The van der Waals surface area contributed by atoms with Crippen LogP contribution in [-0.4, -0.2) is 4.98 Å². The van der Waals surface area contributed by atoms with Crippen molar-refractivity contribution < 1.29 is 0 Å². The van der Waals surface area contributed by atoms with Crippen LogP contribution in [0.25, 0.3) is 10.9 Å². The van der Waals surface area contributed by atoms with E-state index in [-0.39, 0.29) is 0 Å². The minimum atomic E-state index is 0.455. The number of halogens is 3. The zero-order valence-corrected chi connectivity index (χ0v) is 8.66. The summed E-state index contributed by atoms with van der Waals surface area (Å²) in [7, 11) is 0. The van der Waals surface area contributed by atoms with Crippen LogP contribution in [-0.2, 0) is 0 Å². The molecule has 0 aliphatic rings. The maximum Gasteiger partial charge on any atom is 0.0782 e. The molecule has 66 valence electrons. The van der Waals surface area contributed by atoms with Crippen molar-refractivity contribution in [2.75, 3.05) is 0 Å². The van der Waals surface area contributed by atoms with Crippen LogP contribution in [0.2, 0.25) is 15.1 Å². The molecule has 0 aliphatic carbocycles. The van der Waals surface area contributed by atoms with E-state index in [1.165, 1.54) is 6.20 Å². The highest BCUT2D eigenvalue weighted by Gasteiger charge is 2.04. The monoisotopic (exact) mass is 231 g/mol. The van der Waals surface area contributed by atoms with Gasteiger partial charge in [-0.3, -0.25) is 4.98 Å². The highest BCUT2D eigenvalue weighted by Crippen LogP contribution is 2.30. The maximum atomic E-state index is 5.96. The minimum Gasteiger partial charge on any atom is -0.255 e. The number of aromatic nitrogens is 1. The van der Waals surface area contributed by atoms with Gasteiger partial charge in [0.25, 0.3) is 0 Å². The normalized spacial score (nSPS) is 10.7. The van der Waals surface area contributed by atoms with Gasteiger partial charge in [0.15, 0.2) is 0 Å². The number of hydrogen-bond acceptors (Lipinski definition) is 1. The summed E-state index contributed by atoms with van der Waals surface area (Å²) in [6.45, 7) is 0. The maximum absolute atomic E-state index is 5.96. The highest BCUT2D eigenvalue weighted by molar-refractivity contribution is 6.45. The number of pyridine rings is 1. The Kier molecular flexibility index (Phi) is 2.33. The van der Waals surface area contributed by atoms with Crippen molar-refractivity contribution in [2.24, 2.45) is 0 Å². The molecule has 0 bridgehead atoms. The van der Waals surface area contributed by atoms with Gasteiger partial charge in [0.2, 0.25) is 0 Å². The van der Waals surface area contributed by atoms with Crippen molar-refractivity contribution in [3.8, 4) is 0 Å². The van der Waals surface area contributed by atoms with Crippen molar-refractivity contribution in [1.82, 2.24) is 4.98 Å². The van der Waals surface area contributed by atoms with Crippen LogP contribution in [0, 0.1) is 0 Å². The van der Waals surface area contributed by atoms with Gasteiger partial charge in [0, 0.05) is 16.6 Å². The van der Waals surface area contributed by atoms with E-state index in [4.69, 9.17) is 34.8 Å². The van der Waals surface area contributed by atoms with Crippen molar-refractivity contribution in [1.29, 1.82) is 0 Å². The van der Waals surface area contributed by atoms with Crippen LogP contribution in [0.15, 0.2) is 24.4 Å². The molecule has 0 amide bonds. The van der Waals surface area contributed by atoms with E-state index in [0.717, 1.165) is 10.9 Å². The van der Waals surface area contributed by atoms with Gasteiger partial charge in [0.05, 0.1) is 15.6 Å². The lowest BCUT2D eigenvalue weighted by Gasteiger charge is -2.01. The quantitative estimate of drug-likeness (QED) is 0.663. The number of rotatable bonds is 0. The summed E-state index contributed by atoms with van der Waals surface area (Å²) >= 11 is 17.6. The Morgan fingerprint density at radius 2 is 1.85 bits per heavy atom. The Morgan fingerprint density at radius 1 is 1.08 bits per heavy atom. The first-order valence-electron chi connectivity index (χ1n) is 3.58. The molecule has 2 aromatic rings. The van der Waals surface area contributed by atoms with Crippen LogP contribution >= 0.6 is 34.8 Å². The third kappa shape index (κ3) is 1.60. The third-order valence-corrected chi connectivity index (χ3v) is 2.75. The predicted octanol–water partition coefficient (Wildman–Crippen LogP) is 4.20. The molecular weight excluding hydrogens is 228 g/mol. The van der Waals surface area contributed by atoms with Crippen molar-refractivity contribution in [3.05, 3.63) is 39.5 Å². The second-order valence-electron chi connectivity index (χ2n) is 2.58. The van der Waals surface area contributed by atoms with Crippen molar-refractivity contribution >= 4 is 45.7 Å². The lowest BCUT2D eigenvalue weighted by atomic mass is 10.2. The molecule has 1 aromatic carbocycles. The fraction of sp³-hybridized carbons (Fsp3) is 0. The standard InChI is InChI=1S/C9H4Cl3N/c10-5-1-2-6-8(3-5)13-4-7(11)9(6)12/h1-4H. The summed E-state index contributed by atoms with van der Waals surface area (Å²) < 4.78 is 0. The Morgan fingerprint density at radius 3 is 2.62 bits per heavy atom. The Bertz CT molecular complexity index is 468. The molecule has 0 atom stereocenters. The summed E-state index contributed by atoms with van der Waals surface area (Å²) in [5.74, 6) is 0. The van der Waals surface area contributed by atoms with Gasteiger partial charge in [-0.25, -0.2) is 0 Å². The molecule has 0 spiro atoms. The molecule has 0 unspecified atom stereocenters. The fourth-order valence-corrected chi connectivity index (χ4v) is 1.63. The van der Waals surface area contributed by atoms with E-state index in [1.54, 1.807) is 18.2 Å². The van der Waals surface area contributed by atoms with E-state index >= 15 is 0 Å². The SMILES string of the molecule is Clc1ccc2c(Cl)c(Cl)cnc2c1. The molecule has 13 heavy (non-hydrogen) atoms. The average molecular weight is 232 g/mol. The van der Waals surface area contributed by atoms with E-state index in [2.05, 4.69) is 4.98 Å². The number of hydrogen-bond donors (Lipinski definition) is 0. The molecule has 4 heteroatoms. The minimum absolute atomic E-state index is 0.455. The molecule has 0 aliphatic heterocycles. The molecule has 1 aromatic heterocycles. The topological polar surface area (TPSA) is 12.9 Å². The van der Waals surface area contributed by atoms with Crippen LogP contribution in [0.4, 0.5) is 0 Å². The average Bonchev–Trinajstić information content (AvgIpc) is 2.12. The van der Waals surface area contributed by atoms with E-state index in [0.29, 0.717) is 15.1 Å². The van der Waals surface area contributed by atoms with Gasteiger partial charge in [-0.05, 0) is 18.2 Å². The van der Waals surface area contributed by atoms with Crippen LogP contribution in [0.3, 0.4) is 0 Å². The smallest absolute Gasteiger partial charge is 0.0782 e. The van der Waals surface area contributed by atoms with Gasteiger partial charge in [0.1, 0.15) is 0 Å². The molecule has 0 saturated carbocycles. The third-order valence-electron chi connectivity index (χ3n) is 1.72. The molecule has 0 fully saturated rings. The first-order chi connectivity index (χ1) is 6.18. The summed E-state index contributed by atoms with van der Waals surface area (Å²) in [6, 6.07) is 5.31. The van der Waals surface area contributed by atoms with Gasteiger partial charge < -0.3 is 0 Å². The van der Waals surface area contributed by atoms with E-state index in [1.807, 2.05) is 0 Å². The largest absolute Gasteiger partial charge is 0.255 e. The Hall–Kier alpha value is -0.500.